The van der Waals surface area contributed by atoms with Crippen LogP contribution in [0.25, 0.3) is 0 Å². The second-order valence-electron chi connectivity index (χ2n) is 5.28. The predicted octanol–water partition coefficient (Wildman–Crippen LogP) is 2.02. The lowest BCUT2D eigenvalue weighted by atomic mass is 10.1. The predicted molar refractivity (Wildman–Crippen MR) is 75.4 cm³/mol. The summed E-state index contributed by atoms with van der Waals surface area (Å²) in [6, 6.07) is 0.450. The average Bonchev–Trinajstić information content (AvgIpc) is 2.29. The molecule has 0 spiro atoms. The van der Waals surface area contributed by atoms with Gasteiger partial charge in [-0.2, -0.15) is 11.8 Å². The van der Waals surface area contributed by atoms with Crippen LogP contribution in [0.15, 0.2) is 0 Å². The van der Waals surface area contributed by atoms with Gasteiger partial charge in [-0.15, -0.1) is 0 Å². The van der Waals surface area contributed by atoms with Crippen LogP contribution in [0.3, 0.4) is 0 Å². The van der Waals surface area contributed by atoms with Crippen molar-refractivity contribution in [3.05, 3.63) is 0 Å². The van der Waals surface area contributed by atoms with Crippen molar-refractivity contribution in [2.24, 2.45) is 5.92 Å². The SMILES string of the molecule is CC(C)CCNC(=O)C(C)NC1CCCSC1. The summed E-state index contributed by atoms with van der Waals surface area (Å²) in [5, 5.41) is 6.42. The molecule has 100 valence electrons. The molecule has 0 radical (unpaired) electrons. The van der Waals surface area contributed by atoms with E-state index in [9.17, 15) is 4.79 Å². The fourth-order valence-electron chi connectivity index (χ4n) is 1.94. The standard InChI is InChI=1S/C13H26N2OS/c1-10(2)6-7-14-13(16)11(3)15-12-5-4-8-17-9-12/h10-12,15H,4-9H2,1-3H3,(H,14,16). The van der Waals surface area contributed by atoms with Gasteiger partial charge in [0.1, 0.15) is 0 Å². The van der Waals surface area contributed by atoms with Crippen molar-refractivity contribution in [2.75, 3.05) is 18.1 Å². The minimum absolute atomic E-state index is 0.0640. The van der Waals surface area contributed by atoms with Crippen molar-refractivity contribution in [1.29, 1.82) is 0 Å². The highest BCUT2D eigenvalue weighted by Crippen LogP contribution is 2.17. The summed E-state index contributed by atoms with van der Waals surface area (Å²) in [4.78, 5) is 11.8. The summed E-state index contributed by atoms with van der Waals surface area (Å²) in [6.07, 6.45) is 3.53. The number of carbonyl (C=O) groups is 1. The number of rotatable bonds is 6. The number of thioether (sulfide) groups is 1. The Morgan fingerprint density at radius 2 is 2.18 bits per heavy atom. The van der Waals surface area contributed by atoms with Crippen LogP contribution in [0.5, 0.6) is 0 Å². The monoisotopic (exact) mass is 258 g/mol. The molecule has 0 saturated carbocycles. The molecule has 1 rings (SSSR count). The highest BCUT2D eigenvalue weighted by Gasteiger charge is 2.19. The highest BCUT2D eigenvalue weighted by atomic mass is 32.2. The molecule has 3 nitrogen and oxygen atoms in total. The van der Waals surface area contributed by atoms with E-state index >= 15 is 0 Å². The molecule has 0 aromatic carbocycles. The zero-order chi connectivity index (χ0) is 12.7. The van der Waals surface area contributed by atoms with E-state index in [2.05, 4.69) is 24.5 Å². The Balaban J connectivity index is 2.16. The van der Waals surface area contributed by atoms with Crippen LogP contribution in [0.1, 0.15) is 40.0 Å². The van der Waals surface area contributed by atoms with Crippen LogP contribution in [-0.4, -0.2) is 36.0 Å². The first-order valence-electron chi connectivity index (χ1n) is 6.71. The van der Waals surface area contributed by atoms with E-state index in [-0.39, 0.29) is 11.9 Å². The van der Waals surface area contributed by atoms with Crippen molar-refractivity contribution in [2.45, 2.75) is 52.1 Å². The Hall–Kier alpha value is -0.220. The molecule has 2 atom stereocenters. The molecule has 0 aliphatic carbocycles. The smallest absolute Gasteiger partial charge is 0.236 e. The van der Waals surface area contributed by atoms with Gasteiger partial charge in [0, 0.05) is 18.3 Å². The topological polar surface area (TPSA) is 41.1 Å². The maximum absolute atomic E-state index is 11.8. The second-order valence-corrected chi connectivity index (χ2v) is 6.43. The van der Waals surface area contributed by atoms with Gasteiger partial charge in [0.15, 0.2) is 0 Å². The first kappa shape index (κ1) is 14.8. The molecule has 1 aliphatic rings. The molecule has 1 heterocycles. The third-order valence-corrected chi connectivity index (χ3v) is 4.28. The van der Waals surface area contributed by atoms with Crippen molar-refractivity contribution in [3.8, 4) is 0 Å². The lowest BCUT2D eigenvalue weighted by Crippen LogP contribution is -2.48. The number of nitrogens with one attached hydrogen (secondary N) is 2. The van der Waals surface area contributed by atoms with Crippen LogP contribution in [-0.2, 0) is 4.79 Å². The van der Waals surface area contributed by atoms with Crippen LogP contribution >= 0.6 is 11.8 Å². The highest BCUT2D eigenvalue weighted by molar-refractivity contribution is 7.99. The Morgan fingerprint density at radius 1 is 1.41 bits per heavy atom. The number of hydrogen-bond donors (Lipinski definition) is 2. The minimum Gasteiger partial charge on any atom is -0.355 e. The van der Waals surface area contributed by atoms with Gasteiger partial charge in [0.25, 0.3) is 0 Å². The molecule has 17 heavy (non-hydrogen) atoms. The van der Waals surface area contributed by atoms with Gasteiger partial charge in [-0.05, 0) is 37.9 Å². The number of hydrogen-bond acceptors (Lipinski definition) is 3. The fourth-order valence-corrected chi connectivity index (χ4v) is 3.02. The Kier molecular flexibility index (Phi) is 6.97. The van der Waals surface area contributed by atoms with Gasteiger partial charge >= 0.3 is 0 Å². The van der Waals surface area contributed by atoms with Gasteiger partial charge in [-0.1, -0.05) is 13.8 Å². The van der Waals surface area contributed by atoms with Crippen LogP contribution in [0.2, 0.25) is 0 Å². The maximum atomic E-state index is 11.8. The maximum Gasteiger partial charge on any atom is 0.236 e. The molecule has 0 aromatic rings. The Labute approximate surface area is 109 Å². The third kappa shape index (κ3) is 6.32. The van der Waals surface area contributed by atoms with Gasteiger partial charge in [0.2, 0.25) is 5.91 Å². The molecule has 4 heteroatoms. The van der Waals surface area contributed by atoms with E-state index in [4.69, 9.17) is 0 Å². The zero-order valence-corrected chi connectivity index (χ0v) is 12.1. The third-order valence-electron chi connectivity index (χ3n) is 3.06. The summed E-state index contributed by atoms with van der Waals surface area (Å²) in [5.41, 5.74) is 0. The van der Waals surface area contributed by atoms with Crippen molar-refractivity contribution in [1.82, 2.24) is 10.6 Å². The normalized spacial score (nSPS) is 22.5. The van der Waals surface area contributed by atoms with E-state index in [1.54, 1.807) is 0 Å². The molecule has 2 unspecified atom stereocenters. The summed E-state index contributed by atoms with van der Waals surface area (Å²) < 4.78 is 0. The van der Waals surface area contributed by atoms with Crippen molar-refractivity contribution >= 4 is 17.7 Å². The second kappa shape index (κ2) is 7.98. The number of amides is 1. The van der Waals surface area contributed by atoms with E-state index in [1.165, 1.54) is 18.6 Å². The molecular weight excluding hydrogens is 232 g/mol. The molecule has 1 saturated heterocycles. The van der Waals surface area contributed by atoms with Crippen molar-refractivity contribution < 1.29 is 4.79 Å². The molecular formula is C13H26N2OS. The number of carbonyl (C=O) groups excluding carboxylic acids is 1. The van der Waals surface area contributed by atoms with Gasteiger partial charge in [-0.25, -0.2) is 0 Å². The lowest BCUT2D eigenvalue weighted by molar-refractivity contribution is -0.122. The van der Waals surface area contributed by atoms with Gasteiger partial charge in [0.05, 0.1) is 6.04 Å². The van der Waals surface area contributed by atoms with Crippen LogP contribution < -0.4 is 10.6 Å². The van der Waals surface area contributed by atoms with Gasteiger partial charge in [-0.3, -0.25) is 4.79 Å². The largest absolute Gasteiger partial charge is 0.355 e. The zero-order valence-electron chi connectivity index (χ0n) is 11.3. The fraction of sp³-hybridized carbons (Fsp3) is 0.923. The molecule has 0 bridgehead atoms. The Morgan fingerprint density at radius 3 is 2.76 bits per heavy atom. The summed E-state index contributed by atoms with van der Waals surface area (Å²) in [6.45, 7) is 7.10. The Bertz CT molecular complexity index is 227. The van der Waals surface area contributed by atoms with Crippen molar-refractivity contribution in [3.63, 3.8) is 0 Å². The van der Waals surface area contributed by atoms with E-state index in [0.717, 1.165) is 18.7 Å². The molecule has 1 fully saturated rings. The molecule has 2 N–H and O–H groups in total. The first-order valence-corrected chi connectivity index (χ1v) is 7.86. The van der Waals surface area contributed by atoms with Crippen LogP contribution in [0, 0.1) is 5.92 Å². The molecule has 0 aromatic heterocycles. The van der Waals surface area contributed by atoms with E-state index in [0.29, 0.717) is 12.0 Å². The minimum atomic E-state index is -0.0640. The van der Waals surface area contributed by atoms with Crippen LogP contribution in [0.4, 0.5) is 0 Å². The van der Waals surface area contributed by atoms with E-state index in [1.807, 2.05) is 18.7 Å². The van der Waals surface area contributed by atoms with Gasteiger partial charge < -0.3 is 10.6 Å². The molecule has 1 amide bonds. The quantitative estimate of drug-likeness (QED) is 0.766. The van der Waals surface area contributed by atoms with E-state index < -0.39 is 0 Å². The summed E-state index contributed by atoms with van der Waals surface area (Å²) in [5.74, 6) is 3.20. The summed E-state index contributed by atoms with van der Waals surface area (Å²) in [7, 11) is 0. The average molecular weight is 258 g/mol. The molecule has 1 aliphatic heterocycles. The summed E-state index contributed by atoms with van der Waals surface area (Å²) >= 11 is 1.98. The first-order chi connectivity index (χ1) is 8.09. The lowest BCUT2D eigenvalue weighted by Gasteiger charge is -2.25.